The molecule has 0 saturated carbocycles. The fourth-order valence-electron chi connectivity index (χ4n) is 1.99. The molecule has 1 heterocycles. The maximum Gasteiger partial charge on any atom is 0.163 e. The molecule has 1 aliphatic heterocycles. The second-order valence-corrected chi connectivity index (χ2v) is 5.05. The minimum absolute atomic E-state index is 0.591. The number of ether oxygens (including phenoxy) is 2. The Morgan fingerprint density at radius 3 is 2.56 bits per heavy atom. The minimum Gasteiger partial charge on any atom is -0.486 e. The van der Waals surface area contributed by atoms with Crippen LogP contribution in [0.1, 0.15) is 26.7 Å². The van der Waals surface area contributed by atoms with E-state index in [1.165, 1.54) is 6.42 Å². The number of rotatable bonds is 5. The summed E-state index contributed by atoms with van der Waals surface area (Å²) in [5.74, 6) is 2.26. The van der Waals surface area contributed by atoms with Gasteiger partial charge in [0.2, 0.25) is 0 Å². The molecule has 100 valence electrons. The molecule has 1 aromatic rings. The van der Waals surface area contributed by atoms with Gasteiger partial charge in [0.15, 0.2) is 11.5 Å². The van der Waals surface area contributed by atoms with Crippen molar-refractivity contribution in [3.63, 3.8) is 0 Å². The smallest absolute Gasteiger partial charge is 0.163 e. The highest BCUT2D eigenvalue weighted by molar-refractivity contribution is 5.72. The van der Waals surface area contributed by atoms with Crippen LogP contribution in [0.5, 0.6) is 11.5 Å². The van der Waals surface area contributed by atoms with Crippen LogP contribution in [-0.4, -0.2) is 19.8 Å². The molecule has 3 N–H and O–H groups in total. The van der Waals surface area contributed by atoms with E-state index in [0.29, 0.717) is 18.9 Å². The quantitative estimate of drug-likeness (QED) is 0.623. The van der Waals surface area contributed by atoms with Crippen LogP contribution in [0.2, 0.25) is 0 Å². The van der Waals surface area contributed by atoms with Crippen LogP contribution in [0.4, 0.5) is 11.4 Å². The molecule has 0 aromatic heterocycles. The van der Waals surface area contributed by atoms with Crippen molar-refractivity contribution in [3.8, 4) is 11.5 Å². The highest BCUT2D eigenvalue weighted by Crippen LogP contribution is 2.36. The average Bonchev–Trinajstić information content (AvgIpc) is 2.34. The number of nitrogens with two attached hydrogens (primary N) is 1. The van der Waals surface area contributed by atoms with Gasteiger partial charge in [-0.25, -0.2) is 0 Å². The molecule has 0 bridgehead atoms. The van der Waals surface area contributed by atoms with E-state index in [1.807, 2.05) is 12.1 Å². The SMILES string of the molecule is CC(C)CCCNc1cc2c(cc1N)OCCO2. The summed E-state index contributed by atoms with van der Waals surface area (Å²) in [6, 6.07) is 3.76. The summed E-state index contributed by atoms with van der Waals surface area (Å²) in [6.07, 6.45) is 2.36. The molecule has 0 atom stereocenters. The molecule has 4 nitrogen and oxygen atoms in total. The number of anilines is 2. The molecule has 0 unspecified atom stereocenters. The van der Waals surface area contributed by atoms with Gasteiger partial charge < -0.3 is 20.5 Å². The van der Waals surface area contributed by atoms with Gasteiger partial charge in [-0.15, -0.1) is 0 Å². The summed E-state index contributed by atoms with van der Waals surface area (Å²) in [4.78, 5) is 0. The Bertz CT molecular complexity index is 405. The van der Waals surface area contributed by atoms with E-state index in [1.54, 1.807) is 0 Å². The van der Waals surface area contributed by atoms with Crippen molar-refractivity contribution in [1.82, 2.24) is 0 Å². The van der Waals surface area contributed by atoms with Crippen molar-refractivity contribution < 1.29 is 9.47 Å². The molecule has 2 rings (SSSR count). The van der Waals surface area contributed by atoms with Crippen molar-refractivity contribution in [1.29, 1.82) is 0 Å². The molecule has 0 aliphatic carbocycles. The summed E-state index contributed by atoms with van der Waals surface area (Å²) in [6.45, 7) is 6.59. The first-order valence-corrected chi connectivity index (χ1v) is 6.60. The zero-order valence-electron chi connectivity index (χ0n) is 11.2. The van der Waals surface area contributed by atoms with Gasteiger partial charge >= 0.3 is 0 Å². The average molecular weight is 250 g/mol. The highest BCUT2D eigenvalue weighted by Gasteiger charge is 2.14. The standard InChI is InChI=1S/C14H22N2O2/c1-10(2)4-3-5-16-12-9-14-13(8-11(12)15)17-6-7-18-14/h8-10,16H,3-7,15H2,1-2H3. The Labute approximate surface area is 108 Å². The van der Waals surface area contributed by atoms with Gasteiger partial charge in [-0.05, 0) is 18.8 Å². The van der Waals surface area contributed by atoms with Gasteiger partial charge in [0.1, 0.15) is 13.2 Å². The van der Waals surface area contributed by atoms with Gasteiger partial charge in [0.25, 0.3) is 0 Å². The molecule has 1 aliphatic rings. The van der Waals surface area contributed by atoms with Crippen LogP contribution in [0.25, 0.3) is 0 Å². The van der Waals surface area contributed by atoms with E-state index in [0.717, 1.165) is 36.1 Å². The van der Waals surface area contributed by atoms with E-state index in [-0.39, 0.29) is 0 Å². The summed E-state index contributed by atoms with van der Waals surface area (Å²) >= 11 is 0. The zero-order valence-corrected chi connectivity index (χ0v) is 11.2. The predicted octanol–water partition coefficient (Wildman–Crippen LogP) is 2.89. The number of nitrogens with one attached hydrogen (secondary N) is 1. The van der Waals surface area contributed by atoms with Crippen molar-refractivity contribution in [2.45, 2.75) is 26.7 Å². The molecule has 0 radical (unpaired) electrons. The zero-order chi connectivity index (χ0) is 13.0. The van der Waals surface area contributed by atoms with Crippen LogP contribution in [-0.2, 0) is 0 Å². The largest absolute Gasteiger partial charge is 0.486 e. The van der Waals surface area contributed by atoms with Crippen molar-refractivity contribution in [3.05, 3.63) is 12.1 Å². The van der Waals surface area contributed by atoms with Crippen molar-refractivity contribution in [2.75, 3.05) is 30.8 Å². The van der Waals surface area contributed by atoms with E-state index < -0.39 is 0 Å². The molecule has 0 saturated heterocycles. The summed E-state index contributed by atoms with van der Waals surface area (Å²) in [5.41, 5.74) is 7.63. The van der Waals surface area contributed by atoms with Crippen molar-refractivity contribution in [2.24, 2.45) is 5.92 Å². The Hall–Kier alpha value is -1.58. The molecule has 4 heteroatoms. The number of benzene rings is 1. The maximum absolute atomic E-state index is 5.99. The first-order valence-electron chi connectivity index (χ1n) is 6.60. The lowest BCUT2D eigenvalue weighted by Gasteiger charge is -2.20. The monoisotopic (exact) mass is 250 g/mol. The van der Waals surface area contributed by atoms with Gasteiger partial charge in [-0.3, -0.25) is 0 Å². The lowest BCUT2D eigenvalue weighted by molar-refractivity contribution is 0.172. The van der Waals surface area contributed by atoms with Gasteiger partial charge in [-0.2, -0.15) is 0 Å². The fraction of sp³-hybridized carbons (Fsp3) is 0.571. The topological polar surface area (TPSA) is 56.5 Å². The molecule has 0 amide bonds. The normalized spacial score (nSPS) is 13.7. The molecule has 1 aromatic carbocycles. The Kier molecular flexibility index (Phi) is 4.18. The van der Waals surface area contributed by atoms with Gasteiger partial charge in [0.05, 0.1) is 11.4 Å². The molecular weight excluding hydrogens is 228 g/mol. The molecule has 0 fully saturated rings. The third-order valence-corrected chi connectivity index (χ3v) is 2.99. The van der Waals surface area contributed by atoms with E-state index in [2.05, 4.69) is 19.2 Å². The minimum atomic E-state index is 0.591. The number of fused-ring (bicyclic) bond motifs is 1. The molecule has 0 spiro atoms. The van der Waals surface area contributed by atoms with Crippen LogP contribution in [0.15, 0.2) is 12.1 Å². The third kappa shape index (κ3) is 3.22. The fourth-order valence-corrected chi connectivity index (χ4v) is 1.99. The second kappa shape index (κ2) is 5.85. The lowest BCUT2D eigenvalue weighted by atomic mass is 10.1. The van der Waals surface area contributed by atoms with E-state index in [9.17, 15) is 0 Å². The van der Waals surface area contributed by atoms with E-state index >= 15 is 0 Å². The maximum atomic E-state index is 5.99. The number of nitrogen functional groups attached to an aromatic ring is 1. The molecule has 18 heavy (non-hydrogen) atoms. The van der Waals surface area contributed by atoms with Gasteiger partial charge in [0, 0.05) is 18.7 Å². The first kappa shape index (κ1) is 12.9. The lowest BCUT2D eigenvalue weighted by Crippen LogP contribution is -2.16. The first-order chi connectivity index (χ1) is 8.66. The second-order valence-electron chi connectivity index (χ2n) is 5.05. The van der Waals surface area contributed by atoms with E-state index in [4.69, 9.17) is 15.2 Å². The number of hydrogen-bond acceptors (Lipinski definition) is 4. The number of hydrogen-bond donors (Lipinski definition) is 2. The van der Waals surface area contributed by atoms with Crippen LogP contribution < -0.4 is 20.5 Å². The molecular formula is C14H22N2O2. The van der Waals surface area contributed by atoms with Crippen LogP contribution in [0, 0.1) is 5.92 Å². The predicted molar refractivity (Wildman–Crippen MR) is 74.4 cm³/mol. The Morgan fingerprint density at radius 2 is 1.89 bits per heavy atom. The summed E-state index contributed by atoms with van der Waals surface area (Å²) < 4.78 is 11.0. The van der Waals surface area contributed by atoms with Crippen LogP contribution in [0.3, 0.4) is 0 Å². The third-order valence-electron chi connectivity index (χ3n) is 2.99. The Balaban J connectivity index is 1.95. The van der Waals surface area contributed by atoms with Crippen molar-refractivity contribution >= 4 is 11.4 Å². The van der Waals surface area contributed by atoms with Gasteiger partial charge in [-0.1, -0.05) is 13.8 Å². The Morgan fingerprint density at radius 1 is 1.22 bits per heavy atom. The summed E-state index contributed by atoms with van der Waals surface area (Å²) in [7, 11) is 0. The summed E-state index contributed by atoms with van der Waals surface area (Å²) in [5, 5.41) is 3.36. The highest BCUT2D eigenvalue weighted by atomic mass is 16.6. The van der Waals surface area contributed by atoms with Crippen LogP contribution >= 0.6 is 0 Å².